The van der Waals surface area contributed by atoms with Crippen LogP contribution < -0.4 is 25.7 Å². The number of aromatic hydroxyl groups is 1. The summed E-state index contributed by atoms with van der Waals surface area (Å²) in [5.74, 6) is 1.80. The number of aliphatic hydroxyl groups excluding tert-OH is 1. The zero-order valence-corrected chi connectivity index (χ0v) is 30.7. The maximum Gasteiger partial charge on any atom is 0.408 e. The van der Waals surface area contributed by atoms with E-state index in [1.54, 1.807) is 19.2 Å². The molecule has 284 valence electrons. The van der Waals surface area contributed by atoms with Gasteiger partial charge in [-0.25, -0.2) is 4.79 Å². The van der Waals surface area contributed by atoms with Gasteiger partial charge in [0.2, 0.25) is 5.56 Å². The van der Waals surface area contributed by atoms with Gasteiger partial charge in [-0.15, -0.1) is 0 Å². The van der Waals surface area contributed by atoms with E-state index in [0.717, 1.165) is 95.1 Å². The fourth-order valence-corrected chi connectivity index (χ4v) is 7.62. The number of amides is 1. The van der Waals surface area contributed by atoms with Gasteiger partial charge in [-0.1, -0.05) is 68.5 Å². The number of hydrogen-bond acceptors (Lipinski definition) is 9. The number of nitrogens with one attached hydrogen (secondary N) is 3. The number of H-pyrrole nitrogens is 1. The molecular weight excluding hydrogens is 672 g/mol. The molecule has 7 rings (SSSR count). The SMILES string of the molecule is COc1cc(OCCCCCCCCCNC[C@@H](O)c2ccc(O)c3[nH]c(=O)ccc23)cc(C(NC(=O)O[C@H]2CN3CCC2CC3)c2ccccc2)c1. The van der Waals surface area contributed by atoms with E-state index in [1.165, 1.54) is 12.1 Å². The number of carbonyl (C=O) groups excluding carboxylic acids is 1. The minimum Gasteiger partial charge on any atom is -0.506 e. The number of hydrogen-bond donors (Lipinski definition) is 5. The summed E-state index contributed by atoms with van der Waals surface area (Å²) in [5, 5.41) is 27.9. The largest absolute Gasteiger partial charge is 0.506 e. The van der Waals surface area contributed by atoms with E-state index >= 15 is 0 Å². The van der Waals surface area contributed by atoms with Gasteiger partial charge in [0, 0.05) is 30.6 Å². The number of pyridine rings is 1. The first-order chi connectivity index (χ1) is 25.9. The van der Waals surface area contributed by atoms with E-state index in [1.807, 2.05) is 48.5 Å². The highest BCUT2D eigenvalue weighted by Gasteiger charge is 2.37. The van der Waals surface area contributed by atoms with Crippen molar-refractivity contribution >= 4 is 17.0 Å². The molecule has 5 N–H and O–H groups in total. The summed E-state index contributed by atoms with van der Waals surface area (Å²) in [5.41, 5.74) is 2.53. The van der Waals surface area contributed by atoms with E-state index in [9.17, 15) is 19.8 Å². The average Bonchev–Trinajstić information content (AvgIpc) is 3.18. The average molecular weight is 727 g/mol. The molecule has 3 atom stereocenters. The first kappa shape index (κ1) is 38.2. The number of unbranched alkanes of at least 4 members (excludes halogenated alkanes) is 6. The van der Waals surface area contributed by atoms with Crippen molar-refractivity contribution in [1.82, 2.24) is 20.5 Å². The minimum absolute atomic E-state index is 0.0129. The monoisotopic (exact) mass is 726 g/mol. The number of alkyl carbamates (subject to hydrolysis) is 1. The fourth-order valence-electron chi connectivity index (χ4n) is 7.62. The molecule has 0 saturated carbocycles. The van der Waals surface area contributed by atoms with E-state index in [4.69, 9.17) is 14.2 Å². The Hall–Kier alpha value is -4.58. The third-order valence-electron chi connectivity index (χ3n) is 10.6. The number of aliphatic hydroxyl groups is 1. The Labute approximate surface area is 311 Å². The van der Waals surface area contributed by atoms with Crippen molar-refractivity contribution < 1.29 is 29.2 Å². The van der Waals surface area contributed by atoms with Gasteiger partial charge in [-0.2, -0.15) is 0 Å². The van der Waals surface area contributed by atoms with Crippen LogP contribution in [0, 0.1) is 5.92 Å². The lowest BCUT2D eigenvalue weighted by molar-refractivity contribution is -0.0336. The number of nitrogens with zero attached hydrogens (tertiary/aromatic N) is 1. The number of aromatic amines is 1. The number of ether oxygens (including phenoxy) is 3. The molecule has 11 heteroatoms. The highest BCUT2D eigenvalue weighted by molar-refractivity contribution is 5.87. The predicted molar refractivity (Wildman–Crippen MR) is 206 cm³/mol. The number of phenols is 1. The lowest BCUT2D eigenvalue weighted by Gasteiger charge is -2.43. The van der Waals surface area contributed by atoms with Crippen molar-refractivity contribution in [1.29, 1.82) is 0 Å². The van der Waals surface area contributed by atoms with Crippen LogP contribution in [0.3, 0.4) is 0 Å². The van der Waals surface area contributed by atoms with Gasteiger partial charge in [0.05, 0.1) is 31.4 Å². The van der Waals surface area contributed by atoms with Crippen molar-refractivity contribution in [2.75, 3.05) is 46.4 Å². The first-order valence-electron chi connectivity index (χ1n) is 19.2. The molecule has 1 aromatic heterocycles. The topological polar surface area (TPSA) is 145 Å². The molecule has 3 aliphatic heterocycles. The molecule has 0 radical (unpaired) electrons. The summed E-state index contributed by atoms with van der Waals surface area (Å²) in [6.07, 6.45) is 8.52. The molecule has 4 heterocycles. The maximum absolute atomic E-state index is 13.3. The Morgan fingerprint density at radius 2 is 1.64 bits per heavy atom. The number of carbonyl (C=O) groups is 1. The number of aromatic nitrogens is 1. The highest BCUT2D eigenvalue weighted by Crippen LogP contribution is 2.33. The second-order valence-electron chi connectivity index (χ2n) is 14.3. The zero-order chi connectivity index (χ0) is 37.0. The van der Waals surface area contributed by atoms with Gasteiger partial charge in [0.15, 0.2) is 0 Å². The molecule has 0 spiro atoms. The summed E-state index contributed by atoms with van der Waals surface area (Å²) >= 11 is 0. The summed E-state index contributed by atoms with van der Waals surface area (Å²) in [6, 6.07) is 21.5. The van der Waals surface area contributed by atoms with Crippen LogP contribution in [0.1, 0.15) is 86.6 Å². The Morgan fingerprint density at radius 3 is 2.38 bits per heavy atom. The Bertz CT molecular complexity index is 1830. The third kappa shape index (κ3) is 10.5. The van der Waals surface area contributed by atoms with Crippen LogP contribution in [0.5, 0.6) is 17.2 Å². The standard InChI is InChI=1S/C42H54N4O7/c1-51-32-24-31(40(30-12-8-7-9-13-30)45-42(50)53-38-28-46-21-18-29(38)19-22-46)25-33(26-32)52-23-11-6-4-2-3-5-10-20-43-27-37(48)34-14-16-36(47)41-35(34)15-17-39(49)44-41/h7-9,12-17,24-26,29,37-38,40,43,47-48H,2-6,10-11,18-23,27-28H2,1H3,(H,44,49)(H,45,50)/t37-,38+,40?/m1/s1. The maximum atomic E-state index is 13.3. The molecule has 1 unspecified atom stereocenters. The van der Waals surface area contributed by atoms with Gasteiger partial charge in [0.1, 0.15) is 23.4 Å². The van der Waals surface area contributed by atoms with Crippen LogP contribution in [0.4, 0.5) is 4.79 Å². The minimum atomic E-state index is -0.750. The van der Waals surface area contributed by atoms with Crippen molar-refractivity contribution in [3.63, 3.8) is 0 Å². The van der Waals surface area contributed by atoms with Gasteiger partial charge in [-0.3, -0.25) is 9.69 Å². The summed E-state index contributed by atoms with van der Waals surface area (Å²) in [7, 11) is 1.64. The number of fused-ring (bicyclic) bond motifs is 4. The van der Waals surface area contributed by atoms with Crippen molar-refractivity contribution in [2.24, 2.45) is 5.92 Å². The van der Waals surface area contributed by atoms with Crippen LogP contribution in [0.2, 0.25) is 0 Å². The molecule has 3 aromatic carbocycles. The third-order valence-corrected chi connectivity index (χ3v) is 10.6. The smallest absolute Gasteiger partial charge is 0.408 e. The van der Waals surface area contributed by atoms with E-state index < -0.39 is 18.2 Å². The molecule has 2 bridgehead atoms. The predicted octanol–water partition coefficient (Wildman–Crippen LogP) is 6.58. The van der Waals surface area contributed by atoms with Crippen LogP contribution in [0.15, 0.2) is 77.6 Å². The normalized spacial score (nSPS) is 19.1. The Balaban J connectivity index is 0.895. The van der Waals surface area contributed by atoms with Crippen molar-refractivity contribution in [3.05, 3.63) is 99.8 Å². The first-order valence-corrected chi connectivity index (χ1v) is 19.2. The lowest BCUT2D eigenvalue weighted by atomic mass is 9.86. The molecule has 3 fully saturated rings. The quantitative estimate of drug-likeness (QED) is 0.0677. The van der Waals surface area contributed by atoms with E-state index in [-0.39, 0.29) is 17.4 Å². The van der Waals surface area contributed by atoms with Crippen LogP contribution >= 0.6 is 0 Å². The van der Waals surface area contributed by atoms with Gasteiger partial charge in [0.25, 0.3) is 0 Å². The number of piperidine rings is 3. The lowest BCUT2D eigenvalue weighted by Crippen LogP contribution is -2.52. The second-order valence-corrected chi connectivity index (χ2v) is 14.3. The molecule has 4 aromatic rings. The molecule has 11 nitrogen and oxygen atoms in total. The zero-order valence-electron chi connectivity index (χ0n) is 30.7. The Kier molecular flexibility index (Phi) is 13.6. The molecule has 0 aliphatic carbocycles. The molecule has 3 saturated heterocycles. The highest BCUT2D eigenvalue weighted by atomic mass is 16.6. The molecule has 3 aliphatic rings. The summed E-state index contributed by atoms with van der Waals surface area (Å²) in [6.45, 7) is 4.78. The van der Waals surface area contributed by atoms with Crippen molar-refractivity contribution in [2.45, 2.75) is 76.0 Å². The van der Waals surface area contributed by atoms with E-state index in [2.05, 4.69) is 20.5 Å². The molecular formula is C42H54N4O7. The number of rotatable bonds is 19. The fraction of sp³-hybridized carbons (Fsp3) is 0.476. The summed E-state index contributed by atoms with van der Waals surface area (Å²) in [4.78, 5) is 29.9. The van der Waals surface area contributed by atoms with Gasteiger partial charge >= 0.3 is 6.09 Å². The Morgan fingerprint density at radius 1 is 0.906 bits per heavy atom. The number of benzene rings is 3. The van der Waals surface area contributed by atoms with E-state index in [0.29, 0.717) is 47.0 Å². The van der Waals surface area contributed by atoms with Crippen LogP contribution in [0.25, 0.3) is 10.9 Å². The van der Waals surface area contributed by atoms with Crippen molar-refractivity contribution in [3.8, 4) is 17.2 Å². The van der Waals surface area contributed by atoms with Gasteiger partial charge in [-0.05, 0) is 92.2 Å². The molecule has 53 heavy (non-hydrogen) atoms. The van der Waals surface area contributed by atoms with Crippen LogP contribution in [-0.4, -0.2) is 78.7 Å². The number of methoxy groups -OCH3 is 1. The second kappa shape index (κ2) is 19.0. The molecule has 1 amide bonds. The van der Waals surface area contributed by atoms with Crippen LogP contribution in [-0.2, 0) is 4.74 Å². The number of phenolic OH excluding ortho intramolecular Hbond substituents is 1. The summed E-state index contributed by atoms with van der Waals surface area (Å²) < 4.78 is 17.8. The van der Waals surface area contributed by atoms with Gasteiger partial charge < -0.3 is 40.0 Å².